The van der Waals surface area contributed by atoms with Gasteiger partial charge >= 0.3 is 0 Å². The number of carbonyl (C=O) groups is 2. The summed E-state index contributed by atoms with van der Waals surface area (Å²) in [6.45, 7) is 2.19. The van der Waals surface area contributed by atoms with Crippen LogP contribution >= 0.6 is 0 Å². The minimum atomic E-state index is 0.0292. The Hall–Kier alpha value is -3.07. The van der Waals surface area contributed by atoms with Crippen molar-refractivity contribution < 1.29 is 14.2 Å². The number of pyridine rings is 1. The Morgan fingerprint density at radius 1 is 0.875 bits per heavy atom. The van der Waals surface area contributed by atoms with Gasteiger partial charge in [0.15, 0.2) is 17.7 Å². The van der Waals surface area contributed by atoms with Gasteiger partial charge in [-0.25, -0.2) is 0 Å². The summed E-state index contributed by atoms with van der Waals surface area (Å²) in [4.78, 5) is 25.1. The van der Waals surface area contributed by atoms with E-state index in [1.165, 1.54) is 0 Å². The van der Waals surface area contributed by atoms with E-state index in [0.29, 0.717) is 11.1 Å². The van der Waals surface area contributed by atoms with Crippen LogP contribution in [0, 0.1) is 6.92 Å². The van der Waals surface area contributed by atoms with Crippen molar-refractivity contribution in [3.05, 3.63) is 89.2 Å². The molecule has 0 saturated carbocycles. The van der Waals surface area contributed by atoms with E-state index in [1.807, 2.05) is 78.4 Å². The Kier molecular flexibility index (Phi) is 3.35. The zero-order valence-electron chi connectivity index (χ0n) is 13.3. The summed E-state index contributed by atoms with van der Waals surface area (Å²) in [6.07, 6.45) is 1.81. The summed E-state index contributed by atoms with van der Waals surface area (Å²) in [5.41, 5.74) is 4.97. The summed E-state index contributed by atoms with van der Waals surface area (Å²) < 4.78 is 1.86. The molecule has 116 valence electrons. The highest BCUT2D eigenvalue weighted by atomic mass is 16.1. The van der Waals surface area contributed by atoms with E-state index in [9.17, 15) is 9.59 Å². The molecule has 1 aromatic heterocycles. The predicted octanol–water partition coefficient (Wildman–Crippen LogP) is 3.38. The summed E-state index contributed by atoms with van der Waals surface area (Å²) in [5, 5.41) is 0. The molecular weight excluding hydrogens is 298 g/mol. The van der Waals surface area contributed by atoms with Crippen molar-refractivity contribution in [1.29, 1.82) is 0 Å². The molecule has 24 heavy (non-hydrogen) atoms. The van der Waals surface area contributed by atoms with Crippen molar-refractivity contribution in [2.45, 2.75) is 13.5 Å². The zero-order valence-corrected chi connectivity index (χ0v) is 13.3. The van der Waals surface area contributed by atoms with Crippen LogP contribution < -0.4 is 4.57 Å². The van der Waals surface area contributed by atoms with Gasteiger partial charge in [-0.1, -0.05) is 54.6 Å². The van der Waals surface area contributed by atoms with Crippen molar-refractivity contribution in [2.24, 2.45) is 0 Å². The van der Waals surface area contributed by atoms with Crippen molar-refractivity contribution >= 4 is 11.6 Å². The number of ketones is 2. The van der Waals surface area contributed by atoms with Gasteiger partial charge in [0.05, 0.1) is 5.56 Å². The van der Waals surface area contributed by atoms with E-state index in [4.69, 9.17) is 0 Å². The molecule has 3 nitrogen and oxygen atoms in total. The van der Waals surface area contributed by atoms with E-state index >= 15 is 0 Å². The highest BCUT2D eigenvalue weighted by Gasteiger charge is 2.30. The van der Waals surface area contributed by atoms with Crippen molar-refractivity contribution in [2.75, 3.05) is 0 Å². The maximum Gasteiger partial charge on any atom is 0.227 e. The lowest BCUT2D eigenvalue weighted by Gasteiger charge is -2.04. The van der Waals surface area contributed by atoms with Gasteiger partial charge < -0.3 is 0 Å². The number of aryl methyl sites for hydroxylation is 1. The lowest BCUT2D eigenvalue weighted by Crippen LogP contribution is -2.41. The highest BCUT2D eigenvalue weighted by Crippen LogP contribution is 2.35. The first kappa shape index (κ1) is 14.5. The topological polar surface area (TPSA) is 38.0 Å². The normalized spacial score (nSPS) is 12.0. The Morgan fingerprint density at radius 3 is 2.29 bits per heavy atom. The third-order valence-corrected chi connectivity index (χ3v) is 4.50. The first-order chi connectivity index (χ1) is 11.6. The van der Waals surface area contributed by atoms with E-state index in [1.54, 1.807) is 0 Å². The number of benzene rings is 2. The van der Waals surface area contributed by atoms with Crippen LogP contribution in [0.5, 0.6) is 0 Å². The fourth-order valence-corrected chi connectivity index (χ4v) is 3.20. The Bertz CT molecular complexity index is 974. The molecule has 0 N–H and O–H groups in total. The number of fused-ring (bicyclic) bond motifs is 3. The molecule has 1 aliphatic carbocycles. The van der Waals surface area contributed by atoms with Gasteiger partial charge in [0, 0.05) is 29.7 Å². The largest absolute Gasteiger partial charge is 0.288 e. The minimum Gasteiger partial charge on any atom is -0.288 e. The maximum absolute atomic E-state index is 12.6. The third-order valence-electron chi connectivity index (χ3n) is 4.50. The Balaban J connectivity index is 1.73. The molecule has 4 rings (SSSR count). The van der Waals surface area contributed by atoms with Gasteiger partial charge in [0.2, 0.25) is 12.3 Å². The van der Waals surface area contributed by atoms with Gasteiger partial charge in [-0.05, 0) is 5.56 Å². The SMILES string of the molecule is Cc1cc2c(c[n+]1CC(=O)c1ccccc1)C(=O)c1ccccc1-2. The molecule has 1 aliphatic rings. The molecule has 0 fully saturated rings. The molecule has 0 saturated heterocycles. The van der Waals surface area contributed by atoms with Crippen LogP contribution in [0.25, 0.3) is 11.1 Å². The van der Waals surface area contributed by atoms with E-state index in [2.05, 4.69) is 0 Å². The number of aromatic nitrogens is 1. The lowest BCUT2D eigenvalue weighted by atomic mass is 10.1. The number of hydrogen-bond donors (Lipinski definition) is 0. The summed E-state index contributed by atoms with van der Waals surface area (Å²) in [7, 11) is 0. The van der Waals surface area contributed by atoms with Crippen LogP contribution in [0.15, 0.2) is 66.9 Å². The summed E-state index contributed by atoms with van der Waals surface area (Å²) >= 11 is 0. The van der Waals surface area contributed by atoms with Gasteiger partial charge in [-0.3, -0.25) is 9.59 Å². The molecule has 0 radical (unpaired) electrons. The number of hydrogen-bond acceptors (Lipinski definition) is 2. The van der Waals surface area contributed by atoms with Crippen LogP contribution in [0.2, 0.25) is 0 Å². The Morgan fingerprint density at radius 2 is 1.54 bits per heavy atom. The molecule has 1 heterocycles. The molecule has 0 bridgehead atoms. The maximum atomic E-state index is 12.6. The predicted molar refractivity (Wildman–Crippen MR) is 91.0 cm³/mol. The minimum absolute atomic E-state index is 0.0292. The average Bonchev–Trinajstić information content (AvgIpc) is 2.89. The van der Waals surface area contributed by atoms with E-state index < -0.39 is 0 Å². The van der Waals surface area contributed by atoms with Gasteiger partial charge in [-0.15, -0.1) is 0 Å². The fraction of sp³-hybridized carbons (Fsp3) is 0.0952. The van der Waals surface area contributed by atoms with Gasteiger partial charge in [0.25, 0.3) is 0 Å². The zero-order chi connectivity index (χ0) is 16.7. The summed E-state index contributed by atoms with van der Waals surface area (Å²) in [6, 6.07) is 18.9. The van der Waals surface area contributed by atoms with Crippen LogP contribution in [0.3, 0.4) is 0 Å². The third kappa shape index (κ3) is 2.26. The molecule has 0 atom stereocenters. The van der Waals surface area contributed by atoms with Crippen molar-refractivity contribution in [1.82, 2.24) is 0 Å². The second-order valence-electron chi connectivity index (χ2n) is 6.03. The molecule has 3 heteroatoms. The quantitative estimate of drug-likeness (QED) is 0.429. The number of Topliss-reactive ketones (excluding diaryl/α,β-unsaturated/α-hetero) is 1. The lowest BCUT2D eigenvalue weighted by molar-refractivity contribution is -0.689. The number of nitrogens with zero attached hydrogens (tertiary/aromatic N) is 1. The van der Waals surface area contributed by atoms with Crippen LogP contribution in [0.4, 0.5) is 0 Å². The average molecular weight is 314 g/mol. The summed E-state index contributed by atoms with van der Waals surface area (Å²) in [5.74, 6) is 0.0631. The van der Waals surface area contributed by atoms with Crippen LogP contribution in [-0.4, -0.2) is 11.6 Å². The fourth-order valence-electron chi connectivity index (χ4n) is 3.20. The monoisotopic (exact) mass is 314 g/mol. The molecule has 0 spiro atoms. The van der Waals surface area contributed by atoms with Crippen LogP contribution in [-0.2, 0) is 6.54 Å². The molecule has 0 amide bonds. The van der Waals surface area contributed by atoms with E-state index in [-0.39, 0.29) is 18.1 Å². The first-order valence-electron chi connectivity index (χ1n) is 7.91. The molecule has 0 unspecified atom stereocenters. The first-order valence-corrected chi connectivity index (χ1v) is 7.91. The second-order valence-corrected chi connectivity index (χ2v) is 6.03. The van der Waals surface area contributed by atoms with Crippen molar-refractivity contribution in [3.8, 4) is 11.1 Å². The molecule has 2 aromatic carbocycles. The molecule has 0 aliphatic heterocycles. The van der Waals surface area contributed by atoms with Gasteiger partial charge in [-0.2, -0.15) is 4.57 Å². The van der Waals surface area contributed by atoms with Crippen molar-refractivity contribution in [3.63, 3.8) is 0 Å². The molecule has 3 aromatic rings. The number of rotatable bonds is 3. The standard InChI is InChI=1S/C21H16NO2/c1-14-11-18-16-9-5-6-10-17(16)21(24)19(18)12-22(14)13-20(23)15-7-3-2-4-8-15/h2-12H,13H2,1H3/q+1. The Labute approximate surface area is 140 Å². The highest BCUT2D eigenvalue weighted by molar-refractivity contribution is 6.21. The van der Waals surface area contributed by atoms with Gasteiger partial charge in [0.1, 0.15) is 0 Å². The van der Waals surface area contributed by atoms with Crippen LogP contribution in [0.1, 0.15) is 32.0 Å². The smallest absolute Gasteiger partial charge is 0.227 e. The van der Waals surface area contributed by atoms with E-state index in [0.717, 1.165) is 22.4 Å². The molecular formula is C21H16NO2+. The second kappa shape index (κ2) is 5.53. The number of carbonyl (C=O) groups excluding carboxylic acids is 2.